The number of thioether (sulfide) groups is 1. The number of hydrogen-bond donors (Lipinski definition) is 1. The van der Waals surface area contributed by atoms with Crippen LogP contribution in [0.4, 0.5) is 5.00 Å². The minimum atomic E-state index is -0.127. The predicted molar refractivity (Wildman–Crippen MR) is 138 cm³/mol. The van der Waals surface area contributed by atoms with E-state index < -0.39 is 0 Å². The maximum absolute atomic E-state index is 12.8. The molecule has 8 heteroatoms. The fourth-order valence-corrected chi connectivity index (χ4v) is 6.47. The zero-order chi connectivity index (χ0) is 24.3. The van der Waals surface area contributed by atoms with E-state index in [9.17, 15) is 10.1 Å². The van der Waals surface area contributed by atoms with Crippen LogP contribution < -0.4 is 5.32 Å². The van der Waals surface area contributed by atoms with Crippen molar-refractivity contribution in [2.45, 2.75) is 58.0 Å². The number of nitriles is 1. The van der Waals surface area contributed by atoms with E-state index in [1.807, 2.05) is 29.8 Å². The molecule has 0 spiro atoms. The molecule has 2 aromatic heterocycles. The Morgan fingerprint density at radius 1 is 1.32 bits per heavy atom. The van der Waals surface area contributed by atoms with E-state index in [0.717, 1.165) is 37.1 Å². The molecule has 3 aromatic rings. The Labute approximate surface area is 209 Å². The molecule has 1 aromatic carbocycles. The average Bonchev–Trinajstić information content (AvgIpc) is 3.36. The highest BCUT2D eigenvalue weighted by Gasteiger charge is 2.34. The number of anilines is 1. The maximum Gasteiger partial charge on any atom is 0.235 e. The van der Waals surface area contributed by atoms with Crippen molar-refractivity contribution >= 4 is 34.0 Å². The van der Waals surface area contributed by atoms with E-state index in [1.54, 1.807) is 11.3 Å². The van der Waals surface area contributed by atoms with Crippen LogP contribution >= 0.6 is 23.1 Å². The summed E-state index contributed by atoms with van der Waals surface area (Å²) in [5.74, 6) is 1.56. The molecule has 0 aliphatic heterocycles. The molecule has 0 saturated carbocycles. The standard InChI is InChI=1S/C26H31N5OS2/c1-5-26(2,3)18-11-12-19-20(15-27)24(34-21(19)14-18)28-23(32)16-33-25-30-29-22(31(25)4)13-17-9-7-6-8-10-17/h6-10,18H,5,11-14,16H2,1-4H3,(H,28,32). The monoisotopic (exact) mass is 493 g/mol. The Morgan fingerprint density at radius 2 is 2.09 bits per heavy atom. The first-order valence-electron chi connectivity index (χ1n) is 11.7. The molecule has 2 heterocycles. The average molecular weight is 494 g/mol. The largest absolute Gasteiger partial charge is 0.316 e. The van der Waals surface area contributed by atoms with Gasteiger partial charge in [0.05, 0.1) is 11.3 Å². The Balaban J connectivity index is 1.39. The summed E-state index contributed by atoms with van der Waals surface area (Å²) in [6.45, 7) is 6.91. The van der Waals surface area contributed by atoms with Crippen LogP contribution in [0.1, 0.15) is 61.0 Å². The van der Waals surface area contributed by atoms with Crippen LogP contribution in [-0.2, 0) is 31.1 Å². The summed E-state index contributed by atoms with van der Waals surface area (Å²) < 4.78 is 1.94. The van der Waals surface area contributed by atoms with Crippen molar-refractivity contribution in [1.82, 2.24) is 14.8 Å². The normalized spacial score (nSPS) is 15.6. The first kappa shape index (κ1) is 24.5. The zero-order valence-corrected chi connectivity index (χ0v) is 21.9. The van der Waals surface area contributed by atoms with Crippen LogP contribution in [0.5, 0.6) is 0 Å². The minimum absolute atomic E-state index is 0.127. The number of nitrogens with zero attached hydrogens (tertiary/aromatic N) is 4. The number of carbonyl (C=O) groups is 1. The molecule has 1 N–H and O–H groups in total. The third-order valence-corrected chi connectivity index (χ3v) is 9.30. The van der Waals surface area contributed by atoms with Gasteiger partial charge < -0.3 is 9.88 Å². The van der Waals surface area contributed by atoms with E-state index in [1.165, 1.54) is 22.2 Å². The van der Waals surface area contributed by atoms with Crippen LogP contribution in [0, 0.1) is 22.7 Å². The molecule has 1 amide bonds. The molecule has 6 nitrogen and oxygen atoms in total. The molecular formula is C26H31N5OS2. The molecule has 1 aliphatic carbocycles. The number of benzene rings is 1. The van der Waals surface area contributed by atoms with Crippen molar-refractivity contribution in [3.05, 3.63) is 57.7 Å². The van der Waals surface area contributed by atoms with Gasteiger partial charge in [0.1, 0.15) is 16.9 Å². The van der Waals surface area contributed by atoms with Crippen molar-refractivity contribution in [3.8, 4) is 6.07 Å². The summed E-state index contributed by atoms with van der Waals surface area (Å²) in [6.07, 6.45) is 4.83. The molecule has 0 bridgehead atoms. The highest BCUT2D eigenvalue weighted by molar-refractivity contribution is 7.99. The van der Waals surface area contributed by atoms with Crippen molar-refractivity contribution in [1.29, 1.82) is 5.26 Å². The molecule has 4 rings (SSSR count). The number of carbonyl (C=O) groups excluding carboxylic acids is 1. The van der Waals surface area contributed by atoms with E-state index in [-0.39, 0.29) is 17.1 Å². The molecule has 1 aliphatic rings. The van der Waals surface area contributed by atoms with Crippen LogP contribution in [0.2, 0.25) is 0 Å². The smallest absolute Gasteiger partial charge is 0.235 e. The second-order valence-corrected chi connectivity index (χ2v) is 11.6. The summed E-state index contributed by atoms with van der Waals surface area (Å²) in [5, 5.41) is 22.8. The molecule has 34 heavy (non-hydrogen) atoms. The SMILES string of the molecule is CCC(C)(C)C1CCc2c(sc(NC(=O)CSc3nnc(Cc4ccccc4)n3C)c2C#N)C1. The third-order valence-electron chi connectivity index (χ3n) is 7.11. The van der Waals surface area contributed by atoms with Crippen LogP contribution in [0.3, 0.4) is 0 Å². The third kappa shape index (κ3) is 5.21. The van der Waals surface area contributed by atoms with E-state index in [4.69, 9.17) is 0 Å². The van der Waals surface area contributed by atoms with Gasteiger partial charge in [-0.3, -0.25) is 4.79 Å². The molecule has 0 fully saturated rings. The predicted octanol–water partition coefficient (Wildman–Crippen LogP) is 5.61. The summed E-state index contributed by atoms with van der Waals surface area (Å²) in [6, 6.07) is 12.5. The Kier molecular flexibility index (Phi) is 7.44. The van der Waals surface area contributed by atoms with E-state index in [0.29, 0.717) is 28.1 Å². The van der Waals surface area contributed by atoms with E-state index in [2.05, 4.69) is 54.5 Å². The van der Waals surface area contributed by atoms with Gasteiger partial charge in [-0.05, 0) is 41.7 Å². The van der Waals surface area contributed by atoms with Gasteiger partial charge >= 0.3 is 0 Å². The van der Waals surface area contributed by atoms with Gasteiger partial charge in [0.25, 0.3) is 0 Å². The number of hydrogen-bond acceptors (Lipinski definition) is 6. The number of fused-ring (bicyclic) bond motifs is 1. The lowest BCUT2D eigenvalue weighted by Crippen LogP contribution is -2.28. The number of amides is 1. The van der Waals surface area contributed by atoms with Crippen molar-refractivity contribution in [3.63, 3.8) is 0 Å². The second kappa shape index (κ2) is 10.3. The lowest BCUT2D eigenvalue weighted by Gasteiger charge is -2.36. The van der Waals surface area contributed by atoms with Gasteiger partial charge in [0.15, 0.2) is 5.16 Å². The maximum atomic E-state index is 12.8. The van der Waals surface area contributed by atoms with Crippen molar-refractivity contribution in [2.75, 3.05) is 11.1 Å². The summed E-state index contributed by atoms with van der Waals surface area (Å²) in [5.41, 5.74) is 3.24. The van der Waals surface area contributed by atoms with Crippen LogP contribution in [-0.4, -0.2) is 26.4 Å². The van der Waals surface area contributed by atoms with Crippen LogP contribution in [0.15, 0.2) is 35.5 Å². The fourth-order valence-electron chi connectivity index (χ4n) is 4.44. The number of nitrogens with one attached hydrogen (secondary N) is 1. The van der Waals surface area contributed by atoms with Crippen molar-refractivity contribution < 1.29 is 4.79 Å². The molecule has 0 radical (unpaired) electrons. The van der Waals surface area contributed by atoms with Gasteiger partial charge in [-0.15, -0.1) is 21.5 Å². The fraction of sp³-hybridized carbons (Fsp3) is 0.462. The second-order valence-electron chi connectivity index (χ2n) is 9.56. The molecule has 1 unspecified atom stereocenters. The first-order chi connectivity index (χ1) is 16.3. The number of aromatic nitrogens is 3. The molecular weight excluding hydrogens is 462 g/mol. The summed E-state index contributed by atoms with van der Waals surface area (Å²) in [4.78, 5) is 14.0. The zero-order valence-electron chi connectivity index (χ0n) is 20.2. The number of rotatable bonds is 8. The first-order valence-corrected chi connectivity index (χ1v) is 13.5. The Morgan fingerprint density at radius 3 is 2.79 bits per heavy atom. The van der Waals surface area contributed by atoms with Gasteiger partial charge in [-0.2, -0.15) is 5.26 Å². The lowest BCUT2D eigenvalue weighted by atomic mass is 9.69. The van der Waals surface area contributed by atoms with Gasteiger partial charge in [0, 0.05) is 18.3 Å². The number of thiophene rings is 1. The molecule has 1 atom stereocenters. The molecule has 178 valence electrons. The van der Waals surface area contributed by atoms with E-state index >= 15 is 0 Å². The van der Waals surface area contributed by atoms with Crippen LogP contribution in [0.25, 0.3) is 0 Å². The Hall–Kier alpha value is -2.63. The quantitative estimate of drug-likeness (QED) is 0.412. The summed E-state index contributed by atoms with van der Waals surface area (Å²) >= 11 is 2.94. The van der Waals surface area contributed by atoms with Gasteiger partial charge in [-0.1, -0.05) is 69.3 Å². The Bertz CT molecular complexity index is 1210. The lowest BCUT2D eigenvalue weighted by molar-refractivity contribution is -0.113. The summed E-state index contributed by atoms with van der Waals surface area (Å²) in [7, 11) is 1.92. The van der Waals surface area contributed by atoms with Gasteiger partial charge in [0.2, 0.25) is 5.91 Å². The van der Waals surface area contributed by atoms with Gasteiger partial charge in [-0.25, -0.2) is 0 Å². The highest BCUT2D eigenvalue weighted by atomic mass is 32.2. The molecule has 0 saturated heterocycles. The highest BCUT2D eigenvalue weighted by Crippen LogP contribution is 2.45. The minimum Gasteiger partial charge on any atom is -0.316 e. The topological polar surface area (TPSA) is 83.6 Å². The van der Waals surface area contributed by atoms with Crippen molar-refractivity contribution in [2.24, 2.45) is 18.4 Å².